The lowest BCUT2D eigenvalue weighted by Crippen LogP contribution is -3.12. The molecule has 1 heterocycles. The monoisotopic (exact) mass is 395 g/mol. The SMILES string of the molecule is CCC[NH+](CCC)CCCNC(=O)N[C@H]1CC(=O)N(c2ccc(Cl)cc2)C1. The molecule has 2 rings (SSSR count). The van der Waals surface area contributed by atoms with Crippen molar-refractivity contribution in [2.75, 3.05) is 37.6 Å². The van der Waals surface area contributed by atoms with Crippen molar-refractivity contribution in [3.8, 4) is 0 Å². The number of nitrogens with one attached hydrogen (secondary N) is 3. The van der Waals surface area contributed by atoms with Crippen molar-refractivity contribution in [2.45, 2.75) is 45.6 Å². The van der Waals surface area contributed by atoms with E-state index in [1.165, 1.54) is 25.9 Å². The van der Waals surface area contributed by atoms with Crippen molar-refractivity contribution in [3.63, 3.8) is 0 Å². The molecule has 150 valence electrons. The molecule has 3 amide bonds. The van der Waals surface area contributed by atoms with Gasteiger partial charge in [0.05, 0.1) is 25.7 Å². The molecule has 0 aromatic heterocycles. The normalized spacial score (nSPS) is 16.8. The van der Waals surface area contributed by atoms with Gasteiger partial charge in [0.1, 0.15) is 0 Å². The van der Waals surface area contributed by atoms with Crippen LogP contribution < -0.4 is 20.4 Å². The quantitative estimate of drug-likeness (QED) is 0.529. The van der Waals surface area contributed by atoms with Crippen LogP contribution in [-0.4, -0.2) is 50.7 Å². The van der Waals surface area contributed by atoms with Crippen LogP contribution in [0.1, 0.15) is 39.5 Å². The van der Waals surface area contributed by atoms with Crippen LogP contribution in [-0.2, 0) is 4.79 Å². The van der Waals surface area contributed by atoms with Gasteiger partial charge in [0, 0.05) is 36.6 Å². The molecule has 0 radical (unpaired) electrons. The number of hydrogen-bond donors (Lipinski definition) is 3. The lowest BCUT2D eigenvalue weighted by molar-refractivity contribution is -0.900. The topological polar surface area (TPSA) is 65.9 Å². The Kier molecular flexibility index (Phi) is 8.88. The standard InChI is InChI=1S/C20H31ClN4O2/c1-3-11-24(12-4-2)13-5-10-22-20(27)23-17-14-19(26)25(15-17)18-8-6-16(21)7-9-18/h6-9,17H,3-5,10-15H2,1-2H3,(H2,22,23,27)/p+1/t17-/m0/s1. The molecule has 0 aliphatic carbocycles. The summed E-state index contributed by atoms with van der Waals surface area (Å²) in [4.78, 5) is 27.6. The van der Waals surface area contributed by atoms with Crippen LogP contribution in [0.15, 0.2) is 24.3 Å². The Morgan fingerprint density at radius 3 is 2.48 bits per heavy atom. The summed E-state index contributed by atoms with van der Waals surface area (Å²) >= 11 is 5.90. The van der Waals surface area contributed by atoms with Gasteiger partial charge in [0.15, 0.2) is 0 Å². The first kappa shape index (κ1) is 21.5. The maximum Gasteiger partial charge on any atom is 0.315 e. The third-order valence-electron chi connectivity index (χ3n) is 4.80. The lowest BCUT2D eigenvalue weighted by Gasteiger charge is -2.19. The molecule has 0 bridgehead atoms. The van der Waals surface area contributed by atoms with E-state index >= 15 is 0 Å². The molecule has 7 heteroatoms. The van der Waals surface area contributed by atoms with Gasteiger partial charge in [-0.3, -0.25) is 4.79 Å². The van der Waals surface area contributed by atoms with E-state index in [0.29, 0.717) is 24.5 Å². The van der Waals surface area contributed by atoms with Crippen LogP contribution >= 0.6 is 11.6 Å². The molecule has 1 aliphatic rings. The Balaban J connectivity index is 1.70. The summed E-state index contributed by atoms with van der Waals surface area (Å²) in [6.07, 6.45) is 3.65. The maximum atomic E-state index is 12.2. The number of benzene rings is 1. The lowest BCUT2D eigenvalue weighted by atomic mass is 10.2. The number of rotatable bonds is 10. The fourth-order valence-electron chi connectivity index (χ4n) is 3.53. The molecule has 1 aromatic rings. The third-order valence-corrected chi connectivity index (χ3v) is 5.05. The minimum Gasteiger partial charge on any atom is -0.338 e. The maximum absolute atomic E-state index is 12.2. The second-order valence-electron chi connectivity index (χ2n) is 7.14. The molecule has 27 heavy (non-hydrogen) atoms. The molecule has 1 aliphatic heterocycles. The molecular formula is C20H32ClN4O2+. The van der Waals surface area contributed by atoms with Crippen molar-refractivity contribution in [1.29, 1.82) is 0 Å². The van der Waals surface area contributed by atoms with Gasteiger partial charge in [-0.2, -0.15) is 0 Å². The second kappa shape index (κ2) is 11.1. The highest BCUT2D eigenvalue weighted by atomic mass is 35.5. The number of amides is 3. The van der Waals surface area contributed by atoms with Crippen molar-refractivity contribution >= 4 is 29.2 Å². The largest absolute Gasteiger partial charge is 0.338 e. The Bertz CT molecular complexity index is 603. The predicted molar refractivity (Wildman–Crippen MR) is 110 cm³/mol. The molecule has 0 saturated carbocycles. The number of hydrogen-bond acceptors (Lipinski definition) is 2. The first-order chi connectivity index (χ1) is 13.0. The Morgan fingerprint density at radius 2 is 1.85 bits per heavy atom. The molecule has 1 aromatic carbocycles. The number of halogens is 1. The third kappa shape index (κ3) is 7.03. The van der Waals surface area contributed by atoms with Gasteiger partial charge in [0.2, 0.25) is 5.91 Å². The van der Waals surface area contributed by atoms with Crippen molar-refractivity contribution < 1.29 is 14.5 Å². The van der Waals surface area contributed by atoms with E-state index in [1.807, 2.05) is 12.1 Å². The zero-order valence-corrected chi connectivity index (χ0v) is 17.1. The van der Waals surface area contributed by atoms with Crippen LogP contribution in [0.25, 0.3) is 0 Å². The highest BCUT2D eigenvalue weighted by Crippen LogP contribution is 2.23. The van der Waals surface area contributed by atoms with E-state index in [1.54, 1.807) is 21.9 Å². The van der Waals surface area contributed by atoms with Gasteiger partial charge in [0.25, 0.3) is 0 Å². The van der Waals surface area contributed by atoms with E-state index in [4.69, 9.17) is 11.6 Å². The van der Waals surface area contributed by atoms with E-state index in [-0.39, 0.29) is 18.0 Å². The fourth-order valence-corrected chi connectivity index (χ4v) is 3.66. The van der Waals surface area contributed by atoms with E-state index in [2.05, 4.69) is 24.5 Å². The molecule has 3 N–H and O–H groups in total. The number of carbonyl (C=O) groups is 2. The average Bonchev–Trinajstić information content (AvgIpc) is 2.99. The van der Waals surface area contributed by atoms with Gasteiger partial charge in [-0.15, -0.1) is 0 Å². The Morgan fingerprint density at radius 1 is 1.19 bits per heavy atom. The summed E-state index contributed by atoms with van der Waals surface area (Å²) in [6, 6.07) is 6.81. The highest BCUT2D eigenvalue weighted by molar-refractivity contribution is 6.30. The smallest absolute Gasteiger partial charge is 0.315 e. The summed E-state index contributed by atoms with van der Waals surface area (Å²) in [7, 11) is 0. The van der Waals surface area contributed by atoms with E-state index in [9.17, 15) is 9.59 Å². The van der Waals surface area contributed by atoms with Crippen molar-refractivity contribution in [3.05, 3.63) is 29.3 Å². The van der Waals surface area contributed by atoms with Gasteiger partial charge in [-0.25, -0.2) is 4.79 Å². The van der Waals surface area contributed by atoms with Crippen LogP contribution in [0, 0.1) is 0 Å². The van der Waals surface area contributed by atoms with E-state index < -0.39 is 0 Å². The minimum absolute atomic E-state index is 0.0148. The number of anilines is 1. The molecule has 0 spiro atoms. The summed E-state index contributed by atoms with van der Waals surface area (Å²) in [6.45, 7) is 9.00. The summed E-state index contributed by atoms with van der Waals surface area (Å²) < 4.78 is 0. The number of carbonyl (C=O) groups excluding carboxylic acids is 2. The summed E-state index contributed by atoms with van der Waals surface area (Å²) in [5.41, 5.74) is 0.809. The highest BCUT2D eigenvalue weighted by Gasteiger charge is 2.31. The van der Waals surface area contributed by atoms with Gasteiger partial charge in [-0.1, -0.05) is 25.4 Å². The number of nitrogens with zero attached hydrogens (tertiary/aromatic N) is 1. The van der Waals surface area contributed by atoms with Gasteiger partial charge in [-0.05, 0) is 37.1 Å². The summed E-state index contributed by atoms with van der Waals surface area (Å²) in [5.74, 6) is 0.0148. The predicted octanol–water partition coefficient (Wildman–Crippen LogP) is 1.84. The molecular weight excluding hydrogens is 364 g/mol. The van der Waals surface area contributed by atoms with Crippen molar-refractivity contribution in [2.24, 2.45) is 0 Å². The minimum atomic E-state index is -0.196. The molecule has 6 nitrogen and oxygen atoms in total. The van der Waals surface area contributed by atoms with Crippen molar-refractivity contribution in [1.82, 2.24) is 10.6 Å². The second-order valence-corrected chi connectivity index (χ2v) is 7.57. The first-order valence-electron chi connectivity index (χ1n) is 9.97. The zero-order chi connectivity index (χ0) is 19.6. The number of urea groups is 1. The first-order valence-corrected chi connectivity index (χ1v) is 10.3. The molecule has 1 atom stereocenters. The van der Waals surface area contributed by atoms with Gasteiger partial charge < -0.3 is 20.4 Å². The Labute approximate surface area is 167 Å². The fraction of sp³-hybridized carbons (Fsp3) is 0.600. The van der Waals surface area contributed by atoms with Crippen LogP contribution in [0.4, 0.5) is 10.5 Å². The molecule has 0 unspecified atom stereocenters. The average molecular weight is 396 g/mol. The molecule has 1 fully saturated rings. The van der Waals surface area contributed by atoms with Crippen LogP contribution in [0.2, 0.25) is 5.02 Å². The summed E-state index contributed by atoms with van der Waals surface area (Å²) in [5, 5.41) is 6.47. The zero-order valence-electron chi connectivity index (χ0n) is 16.4. The van der Waals surface area contributed by atoms with E-state index in [0.717, 1.165) is 18.7 Å². The van der Waals surface area contributed by atoms with Crippen LogP contribution in [0.5, 0.6) is 0 Å². The van der Waals surface area contributed by atoms with Gasteiger partial charge >= 0.3 is 6.03 Å². The molecule has 1 saturated heterocycles. The number of quaternary nitrogens is 1. The van der Waals surface area contributed by atoms with Crippen LogP contribution in [0.3, 0.4) is 0 Å². The Hall–Kier alpha value is -1.79.